The molecule has 0 amide bonds. The summed E-state index contributed by atoms with van der Waals surface area (Å²) < 4.78 is 5.15. The van der Waals surface area contributed by atoms with E-state index in [2.05, 4.69) is 12.1 Å². The zero-order valence-electron chi connectivity index (χ0n) is 10.2. The molecule has 1 atom stereocenters. The Bertz CT molecular complexity index is 329. The molecule has 1 N–H and O–H groups in total. The molecular weight excluding hydrogens is 320 g/mol. The van der Waals surface area contributed by atoms with Crippen molar-refractivity contribution < 1.29 is 9.84 Å². The molecule has 17 heavy (non-hydrogen) atoms. The fourth-order valence-corrected chi connectivity index (χ4v) is 6.36. The molecule has 0 fully saturated rings. The van der Waals surface area contributed by atoms with Gasteiger partial charge in [-0.25, -0.2) is 0 Å². The van der Waals surface area contributed by atoms with Crippen molar-refractivity contribution >= 4 is 32.5 Å². The summed E-state index contributed by atoms with van der Waals surface area (Å²) in [6.45, 7) is 2.00. The first kappa shape index (κ1) is 16.8. The summed E-state index contributed by atoms with van der Waals surface area (Å²) in [5.74, 6) is 0. The molecule has 0 saturated heterocycles. The first-order valence-corrected chi connectivity index (χ1v) is 11.8. The van der Waals surface area contributed by atoms with Crippen LogP contribution >= 0.6 is 20.0 Å². The standard InChI is InChI=1S/C11H13Cl2GeO.CH4O/c1-9(8-15-2)11(14(12)13)10-6-4-3-5-7-10;1-2/h3-8,11H,1-2H3;2H,1H3/b9-8+;. The second-order valence-electron chi connectivity index (χ2n) is 3.23. The van der Waals surface area contributed by atoms with E-state index in [-0.39, 0.29) is 4.75 Å². The Balaban J connectivity index is 0.00000121. The van der Waals surface area contributed by atoms with Gasteiger partial charge in [0.25, 0.3) is 0 Å². The molecule has 0 aliphatic heterocycles. The van der Waals surface area contributed by atoms with E-state index in [4.69, 9.17) is 29.9 Å². The van der Waals surface area contributed by atoms with Crippen LogP contribution in [0, 0.1) is 0 Å². The van der Waals surface area contributed by atoms with Crippen molar-refractivity contribution in [1.29, 1.82) is 0 Å². The fraction of sp³-hybridized carbons (Fsp3) is 0.333. The summed E-state index contributed by atoms with van der Waals surface area (Å²) in [7, 11) is 14.9. The number of rotatable bonds is 4. The zero-order valence-corrected chi connectivity index (χ0v) is 13.8. The summed E-state index contributed by atoms with van der Waals surface area (Å²) in [5.41, 5.74) is 2.26. The number of halogens is 2. The average Bonchev–Trinajstić information content (AvgIpc) is 2.33. The summed E-state index contributed by atoms with van der Waals surface area (Å²) in [5, 5.41) is 7.00. The van der Waals surface area contributed by atoms with Gasteiger partial charge in [-0.05, 0) is 0 Å². The van der Waals surface area contributed by atoms with Gasteiger partial charge in [0.1, 0.15) is 0 Å². The summed E-state index contributed by atoms with van der Waals surface area (Å²) >= 11 is -2.07. The molecule has 0 bridgehead atoms. The van der Waals surface area contributed by atoms with E-state index in [1.807, 2.05) is 25.1 Å². The third-order valence-electron chi connectivity index (χ3n) is 2.11. The quantitative estimate of drug-likeness (QED) is 0.674. The van der Waals surface area contributed by atoms with Gasteiger partial charge in [-0.2, -0.15) is 0 Å². The number of hydrogen-bond acceptors (Lipinski definition) is 2. The molecule has 0 aliphatic rings. The second-order valence-corrected chi connectivity index (χ2v) is 10.9. The van der Waals surface area contributed by atoms with E-state index in [9.17, 15) is 0 Å². The first-order valence-electron chi connectivity index (χ1n) is 5.03. The fourth-order valence-electron chi connectivity index (χ4n) is 1.46. The number of aliphatic hydroxyl groups excluding tert-OH is 1. The Kier molecular flexibility index (Phi) is 9.74. The Labute approximate surface area is 116 Å². The van der Waals surface area contributed by atoms with Gasteiger partial charge in [0.05, 0.1) is 0 Å². The van der Waals surface area contributed by atoms with Crippen LogP contribution in [0.1, 0.15) is 17.2 Å². The maximum atomic E-state index is 7.00. The normalized spacial score (nSPS) is 12.8. The van der Waals surface area contributed by atoms with E-state index in [1.165, 1.54) is 5.56 Å². The minimum atomic E-state index is -2.07. The van der Waals surface area contributed by atoms with Gasteiger partial charge in [0, 0.05) is 7.11 Å². The topological polar surface area (TPSA) is 29.5 Å². The SMILES string of the molecule is CO.CO/C=C(\C)[CH](c1ccccc1)[Ge]([Cl])[Cl]. The predicted octanol–water partition coefficient (Wildman–Crippen LogP) is 3.43. The van der Waals surface area contributed by atoms with Gasteiger partial charge in [0.15, 0.2) is 0 Å². The maximum absolute atomic E-state index is 7.00. The second kappa shape index (κ2) is 9.83. The van der Waals surface area contributed by atoms with Crippen LogP contribution in [-0.2, 0) is 4.74 Å². The average molecular weight is 337 g/mol. The molecule has 0 heterocycles. The molecule has 0 aliphatic carbocycles. The molecule has 0 spiro atoms. The van der Waals surface area contributed by atoms with E-state index < -0.39 is 12.5 Å². The van der Waals surface area contributed by atoms with E-state index in [0.717, 1.165) is 12.7 Å². The minimum absolute atomic E-state index is 0.148. The number of ether oxygens (including phenoxy) is 1. The molecule has 1 rings (SSSR count). The monoisotopic (exact) mass is 337 g/mol. The molecule has 0 aromatic heterocycles. The Morgan fingerprint density at radius 3 is 2.24 bits per heavy atom. The number of benzene rings is 1. The molecule has 95 valence electrons. The van der Waals surface area contributed by atoms with Gasteiger partial charge in [-0.3, -0.25) is 0 Å². The summed E-state index contributed by atoms with van der Waals surface area (Å²) in [6.07, 6.45) is 1.72. The van der Waals surface area contributed by atoms with Crippen LogP contribution in [-0.4, -0.2) is 31.8 Å². The van der Waals surface area contributed by atoms with Crippen LogP contribution in [0.3, 0.4) is 0 Å². The van der Waals surface area contributed by atoms with E-state index in [1.54, 1.807) is 13.4 Å². The number of hydrogen-bond donors (Lipinski definition) is 1. The van der Waals surface area contributed by atoms with Gasteiger partial charge in [0.2, 0.25) is 0 Å². The number of allylic oxidation sites excluding steroid dienone is 1. The van der Waals surface area contributed by atoms with Crippen LogP contribution < -0.4 is 0 Å². The zero-order chi connectivity index (χ0) is 13.3. The summed E-state index contributed by atoms with van der Waals surface area (Å²) in [6, 6.07) is 10.1. The third-order valence-corrected chi connectivity index (χ3v) is 6.95. The Morgan fingerprint density at radius 1 is 1.29 bits per heavy atom. The molecule has 0 saturated carbocycles. The summed E-state index contributed by atoms with van der Waals surface area (Å²) in [4.78, 5) is 0. The van der Waals surface area contributed by atoms with Gasteiger partial charge < -0.3 is 5.11 Å². The number of methoxy groups -OCH3 is 1. The molecule has 5 heteroatoms. The van der Waals surface area contributed by atoms with Crippen molar-refractivity contribution in [3.63, 3.8) is 0 Å². The van der Waals surface area contributed by atoms with Crippen molar-refractivity contribution in [3.05, 3.63) is 47.7 Å². The van der Waals surface area contributed by atoms with Crippen LogP contribution in [0.2, 0.25) is 0 Å². The predicted molar refractivity (Wildman–Crippen MR) is 75.6 cm³/mol. The van der Waals surface area contributed by atoms with Crippen LogP contribution in [0.4, 0.5) is 0 Å². The van der Waals surface area contributed by atoms with Crippen molar-refractivity contribution in [2.45, 2.75) is 11.7 Å². The molecule has 1 unspecified atom stereocenters. The molecule has 1 aromatic carbocycles. The number of aliphatic hydroxyl groups is 1. The van der Waals surface area contributed by atoms with Gasteiger partial charge in [-0.15, -0.1) is 0 Å². The van der Waals surface area contributed by atoms with Crippen molar-refractivity contribution in [1.82, 2.24) is 0 Å². The van der Waals surface area contributed by atoms with Gasteiger partial charge in [-0.1, -0.05) is 0 Å². The van der Waals surface area contributed by atoms with Crippen LogP contribution in [0.5, 0.6) is 0 Å². The van der Waals surface area contributed by atoms with Crippen LogP contribution in [0.25, 0.3) is 0 Å². The Morgan fingerprint density at radius 2 is 1.82 bits per heavy atom. The van der Waals surface area contributed by atoms with Crippen molar-refractivity contribution in [2.75, 3.05) is 14.2 Å². The molecular formula is C12H17Cl2GeO2. The van der Waals surface area contributed by atoms with Crippen molar-refractivity contribution in [2.24, 2.45) is 0 Å². The Hall–Kier alpha value is -0.157. The molecule has 1 aromatic rings. The van der Waals surface area contributed by atoms with E-state index in [0.29, 0.717) is 0 Å². The molecule has 2 nitrogen and oxygen atoms in total. The van der Waals surface area contributed by atoms with E-state index >= 15 is 0 Å². The van der Waals surface area contributed by atoms with Crippen molar-refractivity contribution in [3.8, 4) is 0 Å². The van der Waals surface area contributed by atoms with Crippen LogP contribution in [0.15, 0.2) is 42.2 Å². The third kappa shape index (κ3) is 5.82. The first-order chi connectivity index (χ1) is 8.16. The molecule has 1 radical (unpaired) electrons. The van der Waals surface area contributed by atoms with Gasteiger partial charge >= 0.3 is 104 Å².